The fourth-order valence-electron chi connectivity index (χ4n) is 2.55. The van der Waals surface area contributed by atoms with Crippen molar-refractivity contribution < 1.29 is 14.3 Å². The van der Waals surface area contributed by atoms with E-state index in [-0.39, 0.29) is 12.7 Å². The number of halogens is 1. The summed E-state index contributed by atoms with van der Waals surface area (Å²) in [5.41, 5.74) is 0.504. The molecule has 0 radical (unpaired) electrons. The van der Waals surface area contributed by atoms with E-state index in [0.29, 0.717) is 34.5 Å². The van der Waals surface area contributed by atoms with Crippen LogP contribution >= 0.6 is 11.6 Å². The molecule has 2 aliphatic rings. The van der Waals surface area contributed by atoms with Gasteiger partial charge in [0.25, 0.3) is 5.91 Å². The maximum absolute atomic E-state index is 12.1. The van der Waals surface area contributed by atoms with Crippen molar-refractivity contribution in [3.05, 3.63) is 22.7 Å². The van der Waals surface area contributed by atoms with E-state index < -0.39 is 0 Å². The van der Waals surface area contributed by atoms with Gasteiger partial charge < -0.3 is 20.1 Å². The SMILES string of the molecule is O=C(NCCC1CCNC1)c1cc(Cl)c2c(c1)OCO2. The highest BCUT2D eigenvalue weighted by Crippen LogP contribution is 2.39. The third kappa shape index (κ3) is 2.83. The Morgan fingerprint density at radius 1 is 1.45 bits per heavy atom. The Kier molecular flexibility index (Phi) is 3.98. The van der Waals surface area contributed by atoms with E-state index in [2.05, 4.69) is 10.6 Å². The standard InChI is InChI=1S/C14H17ClN2O3/c15-11-5-10(6-12-13(11)20-8-19-12)14(18)17-4-2-9-1-3-16-7-9/h5-6,9,16H,1-4,7-8H2,(H,17,18). The summed E-state index contributed by atoms with van der Waals surface area (Å²) in [5.74, 6) is 1.58. The zero-order chi connectivity index (χ0) is 13.9. The van der Waals surface area contributed by atoms with Crippen LogP contribution in [0.4, 0.5) is 0 Å². The van der Waals surface area contributed by atoms with Gasteiger partial charge in [-0.3, -0.25) is 4.79 Å². The van der Waals surface area contributed by atoms with Crippen LogP contribution in [-0.4, -0.2) is 32.3 Å². The maximum Gasteiger partial charge on any atom is 0.251 e. The van der Waals surface area contributed by atoms with Crippen LogP contribution in [0.2, 0.25) is 5.02 Å². The van der Waals surface area contributed by atoms with Gasteiger partial charge in [0.15, 0.2) is 11.5 Å². The third-order valence-corrected chi connectivity index (χ3v) is 3.97. The Labute approximate surface area is 122 Å². The molecule has 1 atom stereocenters. The van der Waals surface area contributed by atoms with Gasteiger partial charge in [-0.05, 0) is 44.0 Å². The predicted molar refractivity (Wildman–Crippen MR) is 75.5 cm³/mol. The molecule has 0 saturated carbocycles. The van der Waals surface area contributed by atoms with E-state index in [1.807, 2.05) is 0 Å². The lowest BCUT2D eigenvalue weighted by molar-refractivity contribution is 0.0951. The fourth-order valence-corrected chi connectivity index (χ4v) is 2.82. The molecule has 5 nitrogen and oxygen atoms in total. The molecule has 1 unspecified atom stereocenters. The molecule has 0 spiro atoms. The van der Waals surface area contributed by atoms with Crippen molar-refractivity contribution in [1.82, 2.24) is 10.6 Å². The van der Waals surface area contributed by atoms with Crippen molar-refractivity contribution in [2.24, 2.45) is 5.92 Å². The molecule has 0 bridgehead atoms. The molecular formula is C14H17ClN2O3. The van der Waals surface area contributed by atoms with E-state index in [1.165, 1.54) is 6.42 Å². The zero-order valence-electron chi connectivity index (χ0n) is 11.1. The lowest BCUT2D eigenvalue weighted by Crippen LogP contribution is -2.26. The van der Waals surface area contributed by atoms with E-state index >= 15 is 0 Å². The molecule has 2 N–H and O–H groups in total. The number of carbonyl (C=O) groups excluding carboxylic acids is 1. The van der Waals surface area contributed by atoms with Crippen LogP contribution in [0.3, 0.4) is 0 Å². The highest BCUT2D eigenvalue weighted by molar-refractivity contribution is 6.32. The van der Waals surface area contributed by atoms with Crippen LogP contribution in [0, 0.1) is 5.92 Å². The van der Waals surface area contributed by atoms with Crippen LogP contribution in [0.25, 0.3) is 0 Å². The molecule has 20 heavy (non-hydrogen) atoms. The number of hydrogen-bond acceptors (Lipinski definition) is 4. The highest BCUT2D eigenvalue weighted by atomic mass is 35.5. The number of hydrogen-bond donors (Lipinski definition) is 2. The van der Waals surface area contributed by atoms with E-state index in [4.69, 9.17) is 21.1 Å². The van der Waals surface area contributed by atoms with Crippen molar-refractivity contribution in [2.45, 2.75) is 12.8 Å². The zero-order valence-corrected chi connectivity index (χ0v) is 11.8. The first-order valence-corrected chi connectivity index (χ1v) is 7.20. The van der Waals surface area contributed by atoms with Gasteiger partial charge >= 0.3 is 0 Å². The van der Waals surface area contributed by atoms with Crippen molar-refractivity contribution in [3.63, 3.8) is 0 Å². The lowest BCUT2D eigenvalue weighted by atomic mass is 10.1. The molecule has 0 aromatic heterocycles. The molecule has 1 amide bonds. The van der Waals surface area contributed by atoms with Crippen LogP contribution in [0.5, 0.6) is 11.5 Å². The molecule has 0 aliphatic carbocycles. The molecule has 108 valence electrons. The first-order chi connectivity index (χ1) is 9.74. The highest BCUT2D eigenvalue weighted by Gasteiger charge is 2.21. The summed E-state index contributed by atoms with van der Waals surface area (Å²) in [5, 5.41) is 6.65. The van der Waals surface area contributed by atoms with Gasteiger partial charge in [-0.25, -0.2) is 0 Å². The largest absolute Gasteiger partial charge is 0.454 e. The summed E-state index contributed by atoms with van der Waals surface area (Å²) in [6.07, 6.45) is 2.18. The van der Waals surface area contributed by atoms with Crippen molar-refractivity contribution >= 4 is 17.5 Å². The Bertz CT molecular complexity index is 515. The van der Waals surface area contributed by atoms with Crippen LogP contribution in [-0.2, 0) is 0 Å². The Hall–Kier alpha value is -1.46. The fraction of sp³-hybridized carbons (Fsp3) is 0.500. The van der Waals surface area contributed by atoms with Gasteiger partial charge in [0.2, 0.25) is 6.79 Å². The Morgan fingerprint density at radius 2 is 2.35 bits per heavy atom. The number of ether oxygens (including phenoxy) is 2. The number of amides is 1. The predicted octanol–water partition coefficient (Wildman–Crippen LogP) is 1.80. The molecule has 1 fully saturated rings. The van der Waals surface area contributed by atoms with Crippen molar-refractivity contribution in [3.8, 4) is 11.5 Å². The normalized spacial score (nSPS) is 20.1. The van der Waals surface area contributed by atoms with Gasteiger partial charge in [-0.1, -0.05) is 11.6 Å². The maximum atomic E-state index is 12.1. The van der Waals surface area contributed by atoms with Crippen LogP contribution in [0.15, 0.2) is 12.1 Å². The number of nitrogens with one attached hydrogen (secondary N) is 2. The summed E-state index contributed by atoms with van der Waals surface area (Å²) in [6.45, 7) is 2.95. The van der Waals surface area contributed by atoms with Crippen LogP contribution < -0.4 is 20.1 Å². The summed E-state index contributed by atoms with van der Waals surface area (Å²) in [7, 11) is 0. The molecule has 1 aromatic carbocycles. The molecule has 2 aliphatic heterocycles. The summed E-state index contributed by atoms with van der Waals surface area (Å²) in [4.78, 5) is 12.1. The average Bonchev–Trinajstić information content (AvgIpc) is 3.08. The summed E-state index contributed by atoms with van der Waals surface area (Å²) in [6, 6.07) is 3.28. The Morgan fingerprint density at radius 3 is 3.15 bits per heavy atom. The average molecular weight is 297 g/mol. The second-order valence-electron chi connectivity index (χ2n) is 5.10. The smallest absolute Gasteiger partial charge is 0.251 e. The van der Waals surface area contributed by atoms with Crippen molar-refractivity contribution in [2.75, 3.05) is 26.4 Å². The summed E-state index contributed by atoms with van der Waals surface area (Å²) < 4.78 is 10.5. The van der Waals surface area contributed by atoms with E-state index in [1.54, 1.807) is 12.1 Å². The number of rotatable bonds is 4. The molecule has 1 saturated heterocycles. The van der Waals surface area contributed by atoms with Gasteiger partial charge in [-0.2, -0.15) is 0 Å². The topological polar surface area (TPSA) is 59.6 Å². The second-order valence-corrected chi connectivity index (χ2v) is 5.50. The molecule has 3 rings (SSSR count). The molecular weight excluding hydrogens is 280 g/mol. The number of fused-ring (bicyclic) bond motifs is 1. The Balaban J connectivity index is 1.58. The van der Waals surface area contributed by atoms with Crippen molar-refractivity contribution in [1.29, 1.82) is 0 Å². The van der Waals surface area contributed by atoms with Gasteiger partial charge in [-0.15, -0.1) is 0 Å². The lowest BCUT2D eigenvalue weighted by Gasteiger charge is -2.10. The van der Waals surface area contributed by atoms with E-state index in [9.17, 15) is 4.79 Å². The van der Waals surface area contributed by atoms with Gasteiger partial charge in [0.1, 0.15) is 0 Å². The molecule has 1 aromatic rings. The minimum absolute atomic E-state index is 0.129. The third-order valence-electron chi connectivity index (χ3n) is 3.69. The first-order valence-electron chi connectivity index (χ1n) is 6.82. The monoisotopic (exact) mass is 296 g/mol. The minimum Gasteiger partial charge on any atom is -0.454 e. The first kappa shape index (κ1) is 13.5. The second kappa shape index (κ2) is 5.89. The molecule has 6 heteroatoms. The quantitative estimate of drug-likeness (QED) is 0.889. The summed E-state index contributed by atoms with van der Waals surface area (Å²) >= 11 is 6.06. The number of carbonyl (C=O) groups is 1. The van der Waals surface area contributed by atoms with Crippen LogP contribution in [0.1, 0.15) is 23.2 Å². The number of benzene rings is 1. The van der Waals surface area contributed by atoms with E-state index in [0.717, 1.165) is 19.5 Å². The van der Waals surface area contributed by atoms with Gasteiger partial charge in [0, 0.05) is 12.1 Å². The minimum atomic E-state index is -0.129. The van der Waals surface area contributed by atoms with Gasteiger partial charge in [0.05, 0.1) is 5.02 Å². The molecule has 2 heterocycles.